The first kappa shape index (κ1) is 14.0. The summed E-state index contributed by atoms with van der Waals surface area (Å²) < 4.78 is 0. The molecule has 1 unspecified atom stereocenters. The van der Waals surface area contributed by atoms with Gasteiger partial charge in [0.1, 0.15) is 0 Å². The van der Waals surface area contributed by atoms with Crippen molar-refractivity contribution in [2.75, 3.05) is 33.2 Å². The van der Waals surface area contributed by atoms with Crippen molar-refractivity contribution in [1.82, 2.24) is 9.80 Å². The van der Waals surface area contributed by atoms with Crippen molar-refractivity contribution in [3.05, 3.63) is 35.9 Å². The van der Waals surface area contributed by atoms with E-state index in [1.807, 2.05) is 23.1 Å². The number of amides is 1. The van der Waals surface area contributed by atoms with E-state index < -0.39 is 0 Å². The number of rotatable bonds is 4. The SMILES string of the molecule is CN1CCN(C(=O)CCc2ccccc2)CC1CN. The van der Waals surface area contributed by atoms with Crippen molar-refractivity contribution in [3.63, 3.8) is 0 Å². The standard InChI is InChI=1S/C15H23N3O/c1-17-9-10-18(12-14(17)11-16)15(19)8-7-13-5-3-2-4-6-13/h2-6,14H,7-12,16H2,1H3. The summed E-state index contributed by atoms with van der Waals surface area (Å²) in [4.78, 5) is 16.4. The zero-order chi connectivity index (χ0) is 13.7. The number of nitrogens with two attached hydrogens (primary N) is 1. The molecule has 0 radical (unpaired) electrons. The van der Waals surface area contributed by atoms with E-state index in [1.54, 1.807) is 0 Å². The lowest BCUT2D eigenvalue weighted by Gasteiger charge is -2.39. The molecular formula is C15H23N3O. The van der Waals surface area contributed by atoms with E-state index in [0.29, 0.717) is 19.0 Å². The smallest absolute Gasteiger partial charge is 0.222 e. The van der Waals surface area contributed by atoms with E-state index in [-0.39, 0.29) is 5.91 Å². The molecule has 0 aromatic heterocycles. The fourth-order valence-electron chi connectivity index (χ4n) is 2.48. The van der Waals surface area contributed by atoms with Gasteiger partial charge in [-0.3, -0.25) is 9.69 Å². The molecule has 1 amide bonds. The van der Waals surface area contributed by atoms with Crippen molar-refractivity contribution in [3.8, 4) is 0 Å². The van der Waals surface area contributed by atoms with Crippen LogP contribution in [0.1, 0.15) is 12.0 Å². The highest BCUT2D eigenvalue weighted by Gasteiger charge is 2.25. The average molecular weight is 261 g/mol. The van der Waals surface area contributed by atoms with Crippen molar-refractivity contribution < 1.29 is 4.79 Å². The lowest BCUT2D eigenvalue weighted by atomic mass is 10.1. The number of benzene rings is 1. The van der Waals surface area contributed by atoms with Crippen LogP contribution in [0.2, 0.25) is 0 Å². The number of piperazine rings is 1. The van der Waals surface area contributed by atoms with Crippen LogP contribution in [0.4, 0.5) is 0 Å². The Morgan fingerprint density at radius 1 is 1.32 bits per heavy atom. The summed E-state index contributed by atoms with van der Waals surface area (Å²) in [5.74, 6) is 0.246. The molecule has 1 aromatic rings. The van der Waals surface area contributed by atoms with E-state index in [9.17, 15) is 4.79 Å². The van der Waals surface area contributed by atoms with Crippen LogP contribution < -0.4 is 5.73 Å². The Balaban J connectivity index is 1.83. The van der Waals surface area contributed by atoms with Crippen molar-refractivity contribution in [2.45, 2.75) is 18.9 Å². The second-order valence-electron chi connectivity index (χ2n) is 5.20. The number of nitrogens with zero attached hydrogens (tertiary/aromatic N) is 2. The Bertz CT molecular complexity index is 407. The molecule has 1 saturated heterocycles. The number of hydrogen-bond donors (Lipinski definition) is 1. The molecule has 19 heavy (non-hydrogen) atoms. The van der Waals surface area contributed by atoms with Crippen LogP contribution in [-0.2, 0) is 11.2 Å². The third-order valence-corrected chi connectivity index (χ3v) is 3.87. The van der Waals surface area contributed by atoms with Gasteiger partial charge in [-0.15, -0.1) is 0 Å². The van der Waals surface area contributed by atoms with Gasteiger partial charge in [0.2, 0.25) is 5.91 Å². The fourth-order valence-corrected chi connectivity index (χ4v) is 2.48. The van der Waals surface area contributed by atoms with Gasteiger partial charge in [-0.05, 0) is 19.0 Å². The van der Waals surface area contributed by atoms with Gasteiger partial charge in [-0.2, -0.15) is 0 Å². The third kappa shape index (κ3) is 3.78. The first-order valence-corrected chi connectivity index (χ1v) is 6.92. The molecule has 4 nitrogen and oxygen atoms in total. The summed E-state index contributed by atoms with van der Waals surface area (Å²) in [6, 6.07) is 10.5. The average Bonchev–Trinajstić information content (AvgIpc) is 2.46. The summed E-state index contributed by atoms with van der Waals surface area (Å²) in [7, 11) is 2.07. The maximum absolute atomic E-state index is 12.2. The quantitative estimate of drug-likeness (QED) is 0.869. The topological polar surface area (TPSA) is 49.6 Å². The minimum absolute atomic E-state index is 0.246. The maximum atomic E-state index is 12.2. The Hall–Kier alpha value is -1.39. The van der Waals surface area contributed by atoms with E-state index >= 15 is 0 Å². The third-order valence-electron chi connectivity index (χ3n) is 3.87. The Morgan fingerprint density at radius 3 is 2.74 bits per heavy atom. The van der Waals surface area contributed by atoms with Gasteiger partial charge in [0.05, 0.1) is 0 Å². The molecule has 0 bridgehead atoms. The molecule has 2 rings (SSSR count). The number of likely N-dealkylation sites (N-methyl/N-ethyl adjacent to an activating group) is 1. The predicted molar refractivity (Wildman–Crippen MR) is 76.8 cm³/mol. The van der Waals surface area contributed by atoms with Gasteiger partial charge in [0, 0.05) is 38.6 Å². The Kier molecular flexibility index (Phi) is 4.93. The predicted octanol–water partition coefficient (Wildman–Crippen LogP) is 0.721. The number of carbonyl (C=O) groups excluding carboxylic acids is 1. The summed E-state index contributed by atoms with van der Waals surface area (Å²) >= 11 is 0. The first-order valence-electron chi connectivity index (χ1n) is 6.92. The molecule has 1 atom stereocenters. The van der Waals surface area contributed by atoms with Crippen molar-refractivity contribution in [2.24, 2.45) is 5.73 Å². The van der Waals surface area contributed by atoms with Crippen LogP contribution in [0.5, 0.6) is 0 Å². The molecule has 1 fully saturated rings. The minimum atomic E-state index is 0.246. The van der Waals surface area contributed by atoms with E-state index in [2.05, 4.69) is 24.1 Å². The molecule has 1 aliphatic rings. The van der Waals surface area contributed by atoms with Crippen LogP contribution in [0, 0.1) is 0 Å². The van der Waals surface area contributed by atoms with Gasteiger partial charge < -0.3 is 10.6 Å². The molecular weight excluding hydrogens is 238 g/mol. The zero-order valence-electron chi connectivity index (χ0n) is 11.6. The van der Waals surface area contributed by atoms with Gasteiger partial charge >= 0.3 is 0 Å². The highest BCUT2D eigenvalue weighted by atomic mass is 16.2. The van der Waals surface area contributed by atoms with Gasteiger partial charge in [0.15, 0.2) is 0 Å². The summed E-state index contributed by atoms with van der Waals surface area (Å²) in [5.41, 5.74) is 6.96. The Labute approximate surface area is 115 Å². The molecule has 1 heterocycles. The van der Waals surface area contributed by atoms with Crippen molar-refractivity contribution in [1.29, 1.82) is 0 Å². The summed E-state index contributed by atoms with van der Waals surface area (Å²) in [6.45, 7) is 3.11. The van der Waals surface area contributed by atoms with Crippen LogP contribution in [0.3, 0.4) is 0 Å². The maximum Gasteiger partial charge on any atom is 0.222 e. The second kappa shape index (κ2) is 6.68. The summed E-state index contributed by atoms with van der Waals surface area (Å²) in [5, 5.41) is 0. The molecule has 4 heteroatoms. The monoisotopic (exact) mass is 261 g/mol. The molecule has 1 aromatic carbocycles. The van der Waals surface area contributed by atoms with Crippen LogP contribution in [0.25, 0.3) is 0 Å². The van der Waals surface area contributed by atoms with Gasteiger partial charge in [-0.1, -0.05) is 30.3 Å². The highest BCUT2D eigenvalue weighted by molar-refractivity contribution is 5.76. The second-order valence-corrected chi connectivity index (χ2v) is 5.20. The van der Waals surface area contributed by atoms with E-state index in [0.717, 1.165) is 26.1 Å². The van der Waals surface area contributed by atoms with E-state index in [1.165, 1.54) is 5.56 Å². The molecule has 0 aliphatic carbocycles. The van der Waals surface area contributed by atoms with Gasteiger partial charge in [-0.25, -0.2) is 0 Å². The lowest BCUT2D eigenvalue weighted by molar-refractivity contribution is -0.133. The molecule has 2 N–H and O–H groups in total. The fraction of sp³-hybridized carbons (Fsp3) is 0.533. The van der Waals surface area contributed by atoms with E-state index in [4.69, 9.17) is 5.73 Å². The molecule has 1 aliphatic heterocycles. The zero-order valence-corrected chi connectivity index (χ0v) is 11.6. The molecule has 0 spiro atoms. The summed E-state index contributed by atoms with van der Waals surface area (Å²) in [6.07, 6.45) is 1.41. The van der Waals surface area contributed by atoms with Crippen LogP contribution >= 0.6 is 0 Å². The van der Waals surface area contributed by atoms with Crippen molar-refractivity contribution >= 4 is 5.91 Å². The first-order chi connectivity index (χ1) is 9.20. The van der Waals surface area contributed by atoms with Crippen LogP contribution in [0.15, 0.2) is 30.3 Å². The largest absolute Gasteiger partial charge is 0.340 e. The van der Waals surface area contributed by atoms with Crippen LogP contribution in [-0.4, -0.2) is 55.0 Å². The number of aryl methyl sites for hydroxylation is 1. The number of carbonyl (C=O) groups is 1. The Morgan fingerprint density at radius 2 is 2.05 bits per heavy atom. The number of hydrogen-bond acceptors (Lipinski definition) is 3. The minimum Gasteiger partial charge on any atom is -0.340 e. The lowest BCUT2D eigenvalue weighted by Crippen LogP contribution is -2.55. The molecule has 104 valence electrons. The van der Waals surface area contributed by atoms with Gasteiger partial charge in [0.25, 0.3) is 0 Å². The molecule has 0 saturated carbocycles. The highest BCUT2D eigenvalue weighted by Crippen LogP contribution is 2.10. The normalized spacial score (nSPS) is 20.5.